The number of aromatic nitrogens is 2. The quantitative estimate of drug-likeness (QED) is 0.454. The van der Waals surface area contributed by atoms with Crippen LogP contribution in [0, 0.1) is 12.8 Å². The zero-order chi connectivity index (χ0) is 12.4. The molecule has 1 heterocycles. The number of hydroxylamine groups is 1. The predicted octanol–water partition coefficient (Wildman–Crippen LogP) is 0.976. The fourth-order valence-corrected chi connectivity index (χ4v) is 1.94. The van der Waals surface area contributed by atoms with Gasteiger partial charge in [0, 0.05) is 25.5 Å². The Morgan fingerprint density at radius 3 is 3.18 bits per heavy atom. The van der Waals surface area contributed by atoms with E-state index in [1.165, 1.54) is 6.08 Å². The van der Waals surface area contributed by atoms with Crippen molar-refractivity contribution in [2.24, 2.45) is 13.0 Å². The minimum Gasteiger partial charge on any atom is -0.332 e. The van der Waals surface area contributed by atoms with Gasteiger partial charge in [0.2, 0.25) is 0 Å². The molecule has 0 saturated heterocycles. The molecule has 1 atom stereocenters. The summed E-state index contributed by atoms with van der Waals surface area (Å²) < 4.78 is 2.05. The Kier molecular flexibility index (Phi) is 3.10. The van der Waals surface area contributed by atoms with Crippen LogP contribution in [0.4, 0.5) is 0 Å². The number of nitrogens with zero attached hydrogens (tertiary/aromatic N) is 2. The SMILES string of the molecule is Cc1nc2c(n1C)C=CC(/C=C/C(=O)NO)C2. The van der Waals surface area contributed by atoms with Crippen molar-refractivity contribution in [3.8, 4) is 0 Å². The lowest BCUT2D eigenvalue weighted by Gasteiger charge is -2.12. The van der Waals surface area contributed by atoms with E-state index in [-0.39, 0.29) is 5.92 Å². The van der Waals surface area contributed by atoms with Crippen molar-refractivity contribution < 1.29 is 10.0 Å². The molecule has 5 nitrogen and oxygen atoms in total. The summed E-state index contributed by atoms with van der Waals surface area (Å²) >= 11 is 0. The minimum absolute atomic E-state index is 0.147. The topological polar surface area (TPSA) is 67.2 Å². The maximum Gasteiger partial charge on any atom is 0.267 e. The molecule has 1 aliphatic rings. The highest BCUT2D eigenvalue weighted by atomic mass is 16.5. The number of allylic oxidation sites excluding steroid dienone is 2. The molecule has 1 aromatic rings. The summed E-state index contributed by atoms with van der Waals surface area (Å²) in [5.74, 6) is 0.618. The van der Waals surface area contributed by atoms with Crippen molar-refractivity contribution in [2.45, 2.75) is 13.3 Å². The highest BCUT2D eigenvalue weighted by Gasteiger charge is 2.17. The van der Waals surface area contributed by atoms with Gasteiger partial charge < -0.3 is 4.57 Å². The van der Waals surface area contributed by atoms with Gasteiger partial charge in [0.25, 0.3) is 5.91 Å². The van der Waals surface area contributed by atoms with E-state index < -0.39 is 5.91 Å². The summed E-state index contributed by atoms with van der Waals surface area (Å²) in [6, 6.07) is 0. The summed E-state index contributed by atoms with van der Waals surface area (Å²) in [4.78, 5) is 15.3. The van der Waals surface area contributed by atoms with Crippen LogP contribution in [0.3, 0.4) is 0 Å². The lowest BCUT2D eigenvalue weighted by Crippen LogP contribution is -2.16. The first kappa shape index (κ1) is 11.6. The molecule has 5 heteroatoms. The van der Waals surface area contributed by atoms with Crippen LogP contribution in [0.25, 0.3) is 6.08 Å². The lowest BCUT2D eigenvalue weighted by atomic mass is 9.96. The molecule has 0 spiro atoms. The zero-order valence-electron chi connectivity index (χ0n) is 9.84. The second kappa shape index (κ2) is 4.55. The smallest absolute Gasteiger partial charge is 0.267 e. The number of carbonyl (C=O) groups is 1. The molecule has 1 unspecified atom stereocenters. The van der Waals surface area contributed by atoms with Gasteiger partial charge in [-0.05, 0) is 13.0 Å². The van der Waals surface area contributed by atoms with Crippen LogP contribution in [0.15, 0.2) is 18.2 Å². The molecule has 0 radical (unpaired) electrons. The first-order chi connectivity index (χ1) is 8.11. The number of aryl methyl sites for hydroxylation is 1. The number of imidazole rings is 1. The van der Waals surface area contributed by atoms with E-state index in [9.17, 15) is 4.79 Å². The molecule has 1 aliphatic carbocycles. The summed E-state index contributed by atoms with van der Waals surface area (Å²) in [7, 11) is 1.99. The Morgan fingerprint density at radius 1 is 1.71 bits per heavy atom. The lowest BCUT2D eigenvalue weighted by molar-refractivity contribution is -0.124. The Labute approximate surface area is 99.4 Å². The first-order valence-corrected chi connectivity index (χ1v) is 5.44. The van der Waals surface area contributed by atoms with Gasteiger partial charge >= 0.3 is 0 Å². The van der Waals surface area contributed by atoms with Crippen LogP contribution in [0.2, 0.25) is 0 Å². The zero-order valence-corrected chi connectivity index (χ0v) is 9.84. The number of amides is 1. The number of rotatable bonds is 2. The first-order valence-electron chi connectivity index (χ1n) is 5.44. The van der Waals surface area contributed by atoms with Gasteiger partial charge in [-0.3, -0.25) is 10.0 Å². The minimum atomic E-state index is -0.513. The van der Waals surface area contributed by atoms with Crippen molar-refractivity contribution in [1.82, 2.24) is 15.0 Å². The molecule has 0 aliphatic heterocycles. The molecular formula is C12H15N3O2. The Bertz CT molecular complexity index is 500. The van der Waals surface area contributed by atoms with Crippen LogP contribution in [-0.4, -0.2) is 20.7 Å². The monoisotopic (exact) mass is 233 g/mol. The van der Waals surface area contributed by atoms with Crippen molar-refractivity contribution in [2.75, 3.05) is 0 Å². The Morgan fingerprint density at radius 2 is 2.47 bits per heavy atom. The fourth-order valence-electron chi connectivity index (χ4n) is 1.94. The third-order valence-corrected chi connectivity index (χ3v) is 2.97. The highest BCUT2D eigenvalue weighted by Crippen LogP contribution is 2.23. The molecule has 1 aromatic heterocycles. The van der Waals surface area contributed by atoms with Gasteiger partial charge in [0.1, 0.15) is 5.82 Å². The van der Waals surface area contributed by atoms with Gasteiger partial charge in [-0.1, -0.05) is 12.2 Å². The van der Waals surface area contributed by atoms with Crippen LogP contribution < -0.4 is 5.48 Å². The average molecular weight is 233 g/mol. The third kappa shape index (κ3) is 2.29. The van der Waals surface area contributed by atoms with Crippen LogP contribution >= 0.6 is 0 Å². The standard InChI is InChI=1S/C12H15N3O2/c1-8-13-10-7-9(4-6-12(16)14-17)3-5-11(10)15(8)2/h3-6,9,17H,7H2,1-2H3,(H,14,16)/b6-4+. The molecule has 2 rings (SSSR count). The number of fused-ring (bicyclic) bond motifs is 1. The van der Waals surface area contributed by atoms with Crippen LogP contribution in [0.1, 0.15) is 17.2 Å². The number of carbonyl (C=O) groups excluding carboxylic acids is 1. The molecule has 17 heavy (non-hydrogen) atoms. The van der Waals surface area contributed by atoms with E-state index in [4.69, 9.17) is 5.21 Å². The van der Waals surface area contributed by atoms with Crippen molar-refractivity contribution in [3.05, 3.63) is 35.4 Å². The Hall–Kier alpha value is -1.88. The normalized spacial score (nSPS) is 18.4. The molecular weight excluding hydrogens is 218 g/mol. The summed E-state index contributed by atoms with van der Waals surface area (Å²) in [5, 5.41) is 8.38. The number of hydrogen-bond acceptors (Lipinski definition) is 3. The van der Waals surface area contributed by atoms with Crippen molar-refractivity contribution in [1.29, 1.82) is 0 Å². The Balaban J connectivity index is 2.14. The molecule has 0 fully saturated rings. The van der Waals surface area contributed by atoms with Gasteiger partial charge in [-0.2, -0.15) is 0 Å². The highest BCUT2D eigenvalue weighted by molar-refractivity contribution is 5.86. The van der Waals surface area contributed by atoms with Crippen molar-refractivity contribution in [3.63, 3.8) is 0 Å². The van der Waals surface area contributed by atoms with E-state index >= 15 is 0 Å². The van der Waals surface area contributed by atoms with E-state index in [1.54, 1.807) is 11.6 Å². The summed E-state index contributed by atoms with van der Waals surface area (Å²) in [6.45, 7) is 1.97. The van der Waals surface area contributed by atoms with E-state index in [1.807, 2.05) is 30.7 Å². The predicted molar refractivity (Wildman–Crippen MR) is 63.2 cm³/mol. The second-order valence-electron chi connectivity index (χ2n) is 4.11. The molecule has 0 saturated carbocycles. The number of nitrogens with one attached hydrogen (secondary N) is 1. The van der Waals surface area contributed by atoms with Gasteiger partial charge in [0.15, 0.2) is 0 Å². The van der Waals surface area contributed by atoms with E-state index in [0.29, 0.717) is 0 Å². The second-order valence-corrected chi connectivity index (χ2v) is 4.11. The maximum atomic E-state index is 10.9. The van der Waals surface area contributed by atoms with E-state index in [2.05, 4.69) is 4.98 Å². The molecule has 0 bridgehead atoms. The molecule has 0 aromatic carbocycles. The fraction of sp³-hybridized carbons (Fsp3) is 0.333. The third-order valence-electron chi connectivity index (χ3n) is 2.97. The average Bonchev–Trinajstić information content (AvgIpc) is 2.62. The molecule has 1 amide bonds. The molecule has 2 N–H and O–H groups in total. The van der Waals surface area contributed by atoms with Crippen molar-refractivity contribution >= 4 is 12.0 Å². The van der Waals surface area contributed by atoms with Gasteiger partial charge in [0.05, 0.1) is 11.4 Å². The van der Waals surface area contributed by atoms with Gasteiger partial charge in [-0.25, -0.2) is 10.5 Å². The van der Waals surface area contributed by atoms with Crippen LogP contribution in [0.5, 0.6) is 0 Å². The van der Waals surface area contributed by atoms with Gasteiger partial charge in [-0.15, -0.1) is 0 Å². The van der Waals surface area contributed by atoms with Crippen LogP contribution in [-0.2, 0) is 18.3 Å². The maximum absolute atomic E-state index is 10.9. The largest absolute Gasteiger partial charge is 0.332 e. The summed E-state index contributed by atoms with van der Waals surface area (Å²) in [6.07, 6.45) is 7.92. The summed E-state index contributed by atoms with van der Waals surface area (Å²) in [5.41, 5.74) is 3.74. The molecule has 90 valence electrons. The number of hydrogen-bond donors (Lipinski definition) is 2. The van der Waals surface area contributed by atoms with E-state index in [0.717, 1.165) is 23.6 Å².